The van der Waals surface area contributed by atoms with Crippen molar-refractivity contribution < 1.29 is 0 Å². The minimum atomic E-state index is 0.164. The molecule has 0 bridgehead atoms. The van der Waals surface area contributed by atoms with Gasteiger partial charge in [0.05, 0.1) is 0 Å². The first kappa shape index (κ1) is 11.6. The molecule has 4 N–H and O–H groups in total. The lowest BCUT2D eigenvalue weighted by Crippen LogP contribution is -2.23. The Kier molecular flexibility index (Phi) is 3.72. The lowest BCUT2D eigenvalue weighted by atomic mass is 9.98. The Morgan fingerprint density at radius 2 is 1.87 bits per heavy atom. The first-order valence-electron chi connectivity index (χ1n) is 5.13. The minimum absolute atomic E-state index is 0.164. The van der Waals surface area contributed by atoms with E-state index in [1.807, 2.05) is 0 Å². The number of rotatable bonds is 3. The zero-order chi connectivity index (χ0) is 11.4. The summed E-state index contributed by atoms with van der Waals surface area (Å²) in [6.45, 7) is 7.04. The van der Waals surface area contributed by atoms with E-state index in [0.29, 0.717) is 6.54 Å². The molecule has 0 fully saturated rings. The lowest BCUT2D eigenvalue weighted by molar-refractivity contribution is 0.946. The van der Waals surface area contributed by atoms with Crippen molar-refractivity contribution in [3.8, 4) is 0 Å². The summed E-state index contributed by atoms with van der Waals surface area (Å²) in [6.07, 6.45) is 0.895. The topological polar surface area (TPSA) is 64.4 Å². The van der Waals surface area contributed by atoms with Crippen LogP contribution in [-0.2, 0) is 6.42 Å². The van der Waals surface area contributed by atoms with Gasteiger partial charge in [0, 0.05) is 6.54 Å². The number of nitrogens with two attached hydrogens (primary N) is 2. The van der Waals surface area contributed by atoms with E-state index in [0.717, 1.165) is 6.42 Å². The van der Waals surface area contributed by atoms with E-state index in [4.69, 9.17) is 11.5 Å². The number of benzene rings is 1. The molecule has 1 aromatic carbocycles. The Labute approximate surface area is 91.2 Å². The van der Waals surface area contributed by atoms with E-state index in [-0.39, 0.29) is 5.96 Å². The van der Waals surface area contributed by atoms with Crippen molar-refractivity contribution in [2.24, 2.45) is 16.5 Å². The van der Waals surface area contributed by atoms with Crippen LogP contribution in [0.15, 0.2) is 17.1 Å². The molecular weight excluding hydrogens is 186 g/mol. The maximum atomic E-state index is 5.28. The van der Waals surface area contributed by atoms with Gasteiger partial charge in [-0.3, -0.25) is 4.99 Å². The second-order valence-corrected chi connectivity index (χ2v) is 3.92. The highest BCUT2D eigenvalue weighted by molar-refractivity contribution is 5.75. The lowest BCUT2D eigenvalue weighted by Gasteiger charge is -2.09. The molecule has 0 saturated carbocycles. The van der Waals surface area contributed by atoms with Crippen LogP contribution >= 0.6 is 0 Å². The molecule has 0 aliphatic heterocycles. The molecule has 0 spiro atoms. The predicted molar refractivity (Wildman–Crippen MR) is 65.0 cm³/mol. The third kappa shape index (κ3) is 3.27. The summed E-state index contributed by atoms with van der Waals surface area (Å²) in [6, 6.07) is 4.39. The highest BCUT2D eigenvalue weighted by atomic mass is 15.0. The summed E-state index contributed by atoms with van der Waals surface area (Å²) < 4.78 is 0. The normalized spacial score (nSPS) is 10.1. The van der Waals surface area contributed by atoms with Crippen LogP contribution in [0.2, 0.25) is 0 Å². The van der Waals surface area contributed by atoms with Crippen LogP contribution in [-0.4, -0.2) is 12.5 Å². The number of aliphatic imine (C=N–C) groups is 1. The van der Waals surface area contributed by atoms with Crippen LogP contribution in [0.4, 0.5) is 0 Å². The number of hydrogen-bond donors (Lipinski definition) is 2. The molecule has 0 heterocycles. The molecule has 3 heteroatoms. The first-order valence-corrected chi connectivity index (χ1v) is 5.13. The van der Waals surface area contributed by atoms with Gasteiger partial charge in [-0.2, -0.15) is 0 Å². The Morgan fingerprint density at radius 3 is 2.47 bits per heavy atom. The molecule has 0 aliphatic carbocycles. The highest BCUT2D eigenvalue weighted by Crippen LogP contribution is 2.16. The van der Waals surface area contributed by atoms with E-state index in [9.17, 15) is 0 Å². The van der Waals surface area contributed by atoms with Crippen molar-refractivity contribution >= 4 is 5.96 Å². The van der Waals surface area contributed by atoms with E-state index in [1.165, 1.54) is 22.3 Å². The monoisotopic (exact) mass is 205 g/mol. The standard InChI is InChI=1S/C12H19N3/c1-8-6-9(2)10(3)11(7-8)4-5-15-12(13)14/h6-7H,4-5H2,1-3H3,(H4,13,14,15). The molecule has 3 nitrogen and oxygen atoms in total. The first-order chi connectivity index (χ1) is 7.00. The van der Waals surface area contributed by atoms with Crippen molar-refractivity contribution in [1.29, 1.82) is 0 Å². The summed E-state index contributed by atoms with van der Waals surface area (Å²) >= 11 is 0. The van der Waals surface area contributed by atoms with Crippen molar-refractivity contribution in [2.45, 2.75) is 27.2 Å². The molecule has 0 radical (unpaired) electrons. The van der Waals surface area contributed by atoms with Crippen LogP contribution in [0.1, 0.15) is 22.3 Å². The van der Waals surface area contributed by atoms with Gasteiger partial charge in [-0.1, -0.05) is 17.7 Å². The van der Waals surface area contributed by atoms with Gasteiger partial charge in [0.15, 0.2) is 5.96 Å². The molecule has 82 valence electrons. The SMILES string of the molecule is Cc1cc(C)c(C)c(CCN=C(N)N)c1. The van der Waals surface area contributed by atoms with E-state index in [2.05, 4.69) is 37.9 Å². The van der Waals surface area contributed by atoms with Crippen LogP contribution in [0, 0.1) is 20.8 Å². The fraction of sp³-hybridized carbons (Fsp3) is 0.417. The average Bonchev–Trinajstić information content (AvgIpc) is 2.12. The van der Waals surface area contributed by atoms with E-state index in [1.54, 1.807) is 0 Å². The van der Waals surface area contributed by atoms with Crippen LogP contribution in [0.3, 0.4) is 0 Å². The van der Waals surface area contributed by atoms with Gasteiger partial charge >= 0.3 is 0 Å². The van der Waals surface area contributed by atoms with Crippen molar-refractivity contribution in [2.75, 3.05) is 6.54 Å². The Bertz CT molecular complexity index is 377. The smallest absolute Gasteiger partial charge is 0.185 e. The molecular formula is C12H19N3. The fourth-order valence-electron chi connectivity index (χ4n) is 1.69. The van der Waals surface area contributed by atoms with Crippen LogP contribution in [0.25, 0.3) is 0 Å². The molecule has 0 aromatic heterocycles. The molecule has 0 amide bonds. The number of nitrogens with zero attached hydrogens (tertiary/aromatic N) is 1. The molecule has 1 rings (SSSR count). The molecule has 0 atom stereocenters. The highest BCUT2D eigenvalue weighted by Gasteiger charge is 2.02. The third-order valence-corrected chi connectivity index (χ3v) is 2.59. The quantitative estimate of drug-likeness (QED) is 0.579. The second kappa shape index (κ2) is 4.82. The van der Waals surface area contributed by atoms with Gasteiger partial charge < -0.3 is 11.5 Å². The van der Waals surface area contributed by atoms with Crippen molar-refractivity contribution in [3.63, 3.8) is 0 Å². The zero-order valence-electron chi connectivity index (χ0n) is 9.67. The van der Waals surface area contributed by atoms with Gasteiger partial charge in [0.2, 0.25) is 0 Å². The van der Waals surface area contributed by atoms with Gasteiger partial charge in [-0.05, 0) is 43.9 Å². The van der Waals surface area contributed by atoms with Gasteiger partial charge in [0.25, 0.3) is 0 Å². The van der Waals surface area contributed by atoms with Gasteiger partial charge in [-0.25, -0.2) is 0 Å². The largest absolute Gasteiger partial charge is 0.370 e. The second-order valence-electron chi connectivity index (χ2n) is 3.92. The van der Waals surface area contributed by atoms with E-state index < -0.39 is 0 Å². The Morgan fingerprint density at radius 1 is 1.20 bits per heavy atom. The fourth-order valence-corrected chi connectivity index (χ4v) is 1.69. The summed E-state index contributed by atoms with van der Waals surface area (Å²) in [5.41, 5.74) is 15.9. The molecule has 15 heavy (non-hydrogen) atoms. The number of hydrogen-bond acceptors (Lipinski definition) is 1. The summed E-state index contributed by atoms with van der Waals surface area (Å²) in [5, 5.41) is 0. The maximum absolute atomic E-state index is 5.28. The number of aryl methyl sites for hydroxylation is 2. The number of guanidine groups is 1. The van der Waals surface area contributed by atoms with Crippen LogP contribution < -0.4 is 11.5 Å². The molecule has 0 saturated heterocycles. The zero-order valence-corrected chi connectivity index (χ0v) is 9.67. The maximum Gasteiger partial charge on any atom is 0.185 e. The Hall–Kier alpha value is -1.51. The molecule has 0 aliphatic rings. The minimum Gasteiger partial charge on any atom is -0.370 e. The van der Waals surface area contributed by atoms with Crippen LogP contribution in [0.5, 0.6) is 0 Å². The molecule has 0 unspecified atom stereocenters. The third-order valence-electron chi connectivity index (χ3n) is 2.59. The summed E-state index contributed by atoms with van der Waals surface area (Å²) in [4.78, 5) is 3.99. The predicted octanol–water partition coefficient (Wildman–Crippen LogP) is 1.43. The summed E-state index contributed by atoms with van der Waals surface area (Å²) in [5.74, 6) is 0.164. The average molecular weight is 205 g/mol. The van der Waals surface area contributed by atoms with Crippen molar-refractivity contribution in [3.05, 3.63) is 34.4 Å². The van der Waals surface area contributed by atoms with E-state index >= 15 is 0 Å². The van der Waals surface area contributed by atoms with Gasteiger partial charge in [0.1, 0.15) is 0 Å². The molecule has 1 aromatic rings. The van der Waals surface area contributed by atoms with Crippen molar-refractivity contribution in [1.82, 2.24) is 0 Å². The Balaban J connectivity index is 2.81. The summed E-state index contributed by atoms with van der Waals surface area (Å²) in [7, 11) is 0. The van der Waals surface area contributed by atoms with Gasteiger partial charge in [-0.15, -0.1) is 0 Å².